The molecule has 1 aromatic rings. The first-order chi connectivity index (χ1) is 9.50. The summed E-state index contributed by atoms with van der Waals surface area (Å²) in [4.78, 5) is 33.4. The number of aliphatic carboxylic acids is 1. The summed E-state index contributed by atoms with van der Waals surface area (Å²) in [7, 11) is 0. The Morgan fingerprint density at radius 2 is 2.05 bits per heavy atom. The fourth-order valence-electron chi connectivity index (χ4n) is 1.80. The lowest BCUT2D eigenvalue weighted by atomic mass is 10.2. The third kappa shape index (κ3) is 5.69. The van der Waals surface area contributed by atoms with Crippen LogP contribution in [0.15, 0.2) is 23.1 Å². The number of pyridine rings is 1. The van der Waals surface area contributed by atoms with Crippen molar-refractivity contribution in [1.82, 2.24) is 9.88 Å². The standard InChI is InChI=1S/C14H20N2O4/c1-11-5-4-10-16(14(11)20)9-3-2-6-12(17)15-8-7-13(18)19/h4-5,10H,2-3,6-9H2,1H3,(H,15,17)(H,18,19). The molecule has 0 spiro atoms. The first-order valence-corrected chi connectivity index (χ1v) is 6.65. The Labute approximate surface area is 117 Å². The second-order valence-corrected chi connectivity index (χ2v) is 4.64. The van der Waals surface area contributed by atoms with Gasteiger partial charge < -0.3 is 15.0 Å². The predicted octanol–water partition coefficient (Wildman–Crippen LogP) is 0.918. The van der Waals surface area contributed by atoms with Crippen molar-refractivity contribution >= 4 is 11.9 Å². The van der Waals surface area contributed by atoms with Crippen LogP contribution in [-0.4, -0.2) is 28.1 Å². The van der Waals surface area contributed by atoms with Gasteiger partial charge in [0.05, 0.1) is 6.42 Å². The lowest BCUT2D eigenvalue weighted by Gasteiger charge is -2.06. The fraction of sp³-hybridized carbons (Fsp3) is 0.500. The molecule has 1 heterocycles. The minimum absolute atomic E-state index is 0.00147. The molecular weight excluding hydrogens is 260 g/mol. The molecule has 1 amide bonds. The summed E-state index contributed by atoms with van der Waals surface area (Å²) in [6.07, 6.45) is 3.42. The SMILES string of the molecule is Cc1cccn(CCCCC(=O)NCCC(=O)O)c1=O. The van der Waals surface area contributed by atoms with Crippen molar-refractivity contribution in [2.24, 2.45) is 0 Å². The number of hydrogen-bond donors (Lipinski definition) is 2. The highest BCUT2D eigenvalue weighted by Crippen LogP contribution is 1.99. The largest absolute Gasteiger partial charge is 0.481 e. The van der Waals surface area contributed by atoms with Gasteiger partial charge >= 0.3 is 5.97 Å². The van der Waals surface area contributed by atoms with Crippen LogP contribution in [0.5, 0.6) is 0 Å². The van der Waals surface area contributed by atoms with E-state index in [1.54, 1.807) is 23.8 Å². The van der Waals surface area contributed by atoms with Crippen LogP contribution in [0, 0.1) is 6.92 Å². The second-order valence-electron chi connectivity index (χ2n) is 4.64. The van der Waals surface area contributed by atoms with Crippen LogP contribution in [-0.2, 0) is 16.1 Å². The highest BCUT2D eigenvalue weighted by Gasteiger charge is 2.03. The Kier molecular flexibility index (Phi) is 6.49. The normalized spacial score (nSPS) is 10.2. The van der Waals surface area contributed by atoms with E-state index >= 15 is 0 Å². The van der Waals surface area contributed by atoms with Crippen molar-refractivity contribution in [3.05, 3.63) is 34.2 Å². The number of aromatic nitrogens is 1. The molecule has 1 aromatic heterocycles. The minimum atomic E-state index is -0.927. The second kappa shape index (κ2) is 8.14. The van der Waals surface area contributed by atoms with Gasteiger partial charge in [-0.1, -0.05) is 6.07 Å². The molecule has 0 aliphatic heterocycles. The summed E-state index contributed by atoms with van der Waals surface area (Å²) in [6.45, 7) is 2.52. The van der Waals surface area contributed by atoms with E-state index in [1.165, 1.54) is 0 Å². The third-order valence-corrected chi connectivity index (χ3v) is 2.92. The number of carboxylic acids is 1. The van der Waals surface area contributed by atoms with Gasteiger partial charge in [-0.05, 0) is 25.8 Å². The van der Waals surface area contributed by atoms with Gasteiger partial charge in [0.2, 0.25) is 5.91 Å². The number of rotatable bonds is 8. The Morgan fingerprint density at radius 1 is 1.30 bits per heavy atom. The van der Waals surface area contributed by atoms with Gasteiger partial charge in [0.1, 0.15) is 0 Å². The molecule has 2 N–H and O–H groups in total. The van der Waals surface area contributed by atoms with Gasteiger partial charge in [0.25, 0.3) is 5.56 Å². The maximum Gasteiger partial charge on any atom is 0.305 e. The lowest BCUT2D eigenvalue weighted by Crippen LogP contribution is -2.26. The Bertz CT molecular complexity index is 522. The first kappa shape index (κ1) is 15.9. The monoisotopic (exact) mass is 280 g/mol. The third-order valence-electron chi connectivity index (χ3n) is 2.92. The van der Waals surface area contributed by atoms with Crippen molar-refractivity contribution < 1.29 is 14.7 Å². The summed E-state index contributed by atoms with van der Waals surface area (Å²) in [5.74, 6) is -1.08. The number of nitrogens with zero attached hydrogens (tertiary/aromatic N) is 1. The zero-order valence-electron chi connectivity index (χ0n) is 11.6. The van der Waals surface area contributed by atoms with Gasteiger partial charge in [0.15, 0.2) is 0 Å². The molecule has 0 bridgehead atoms. The molecule has 0 aliphatic carbocycles. The molecule has 110 valence electrons. The molecule has 0 fully saturated rings. The van der Waals surface area contributed by atoms with Crippen LogP contribution in [0.1, 0.15) is 31.2 Å². The number of nitrogens with one attached hydrogen (secondary N) is 1. The molecule has 0 aromatic carbocycles. The lowest BCUT2D eigenvalue weighted by molar-refractivity contribution is -0.136. The maximum absolute atomic E-state index is 11.7. The van der Waals surface area contributed by atoms with Crippen LogP contribution in [0.3, 0.4) is 0 Å². The number of amides is 1. The number of aryl methyl sites for hydroxylation is 2. The van der Waals surface area contributed by atoms with Crippen LogP contribution >= 0.6 is 0 Å². The molecule has 0 radical (unpaired) electrons. The smallest absolute Gasteiger partial charge is 0.305 e. The van der Waals surface area contributed by atoms with Crippen molar-refractivity contribution in [2.75, 3.05) is 6.54 Å². The van der Waals surface area contributed by atoms with E-state index in [2.05, 4.69) is 5.32 Å². The molecular formula is C14H20N2O4. The van der Waals surface area contributed by atoms with Gasteiger partial charge in [-0.25, -0.2) is 0 Å². The Hall–Kier alpha value is -2.11. The van der Waals surface area contributed by atoms with Crippen molar-refractivity contribution in [1.29, 1.82) is 0 Å². The van der Waals surface area contributed by atoms with Gasteiger partial charge in [-0.3, -0.25) is 14.4 Å². The molecule has 0 atom stereocenters. The molecule has 0 saturated carbocycles. The fourth-order valence-corrected chi connectivity index (χ4v) is 1.80. The quantitative estimate of drug-likeness (QED) is 0.693. The predicted molar refractivity (Wildman–Crippen MR) is 74.6 cm³/mol. The van der Waals surface area contributed by atoms with Crippen molar-refractivity contribution in [3.63, 3.8) is 0 Å². The molecule has 0 saturated heterocycles. The molecule has 0 unspecified atom stereocenters. The minimum Gasteiger partial charge on any atom is -0.481 e. The number of hydrogen-bond acceptors (Lipinski definition) is 3. The Balaban J connectivity index is 2.21. The molecule has 1 rings (SSSR count). The highest BCUT2D eigenvalue weighted by atomic mass is 16.4. The van der Waals surface area contributed by atoms with Gasteiger partial charge in [0, 0.05) is 31.3 Å². The number of unbranched alkanes of at least 4 members (excludes halogenated alkanes) is 1. The molecule has 6 heteroatoms. The summed E-state index contributed by atoms with van der Waals surface area (Å²) < 4.78 is 1.64. The summed E-state index contributed by atoms with van der Waals surface area (Å²) in [5.41, 5.74) is 0.706. The van der Waals surface area contributed by atoms with E-state index in [-0.39, 0.29) is 24.4 Å². The summed E-state index contributed by atoms with van der Waals surface area (Å²) in [6, 6.07) is 3.60. The zero-order valence-corrected chi connectivity index (χ0v) is 11.6. The van der Waals surface area contributed by atoms with E-state index in [1.807, 2.05) is 6.07 Å². The van der Waals surface area contributed by atoms with Crippen molar-refractivity contribution in [3.8, 4) is 0 Å². The Morgan fingerprint density at radius 3 is 2.75 bits per heavy atom. The average molecular weight is 280 g/mol. The number of carboxylic acid groups (broad SMARTS) is 1. The van der Waals surface area contributed by atoms with E-state index in [9.17, 15) is 14.4 Å². The van der Waals surface area contributed by atoms with E-state index in [0.717, 1.165) is 6.42 Å². The van der Waals surface area contributed by atoms with Crippen molar-refractivity contribution in [2.45, 2.75) is 39.2 Å². The van der Waals surface area contributed by atoms with Crippen LogP contribution in [0.4, 0.5) is 0 Å². The van der Waals surface area contributed by atoms with E-state index < -0.39 is 5.97 Å². The topological polar surface area (TPSA) is 88.4 Å². The van der Waals surface area contributed by atoms with Gasteiger partial charge in [-0.15, -0.1) is 0 Å². The number of carbonyl (C=O) groups excluding carboxylic acids is 1. The van der Waals surface area contributed by atoms with E-state index in [4.69, 9.17) is 5.11 Å². The van der Waals surface area contributed by atoms with Crippen LogP contribution in [0.25, 0.3) is 0 Å². The summed E-state index contributed by atoms with van der Waals surface area (Å²) in [5, 5.41) is 11.0. The summed E-state index contributed by atoms with van der Waals surface area (Å²) >= 11 is 0. The average Bonchev–Trinajstić information content (AvgIpc) is 2.39. The molecule has 6 nitrogen and oxygen atoms in total. The maximum atomic E-state index is 11.7. The van der Waals surface area contributed by atoms with E-state index in [0.29, 0.717) is 24.9 Å². The number of carbonyl (C=O) groups is 2. The highest BCUT2D eigenvalue weighted by molar-refractivity contribution is 5.76. The molecule has 20 heavy (non-hydrogen) atoms. The van der Waals surface area contributed by atoms with Gasteiger partial charge in [-0.2, -0.15) is 0 Å². The van der Waals surface area contributed by atoms with Crippen LogP contribution < -0.4 is 10.9 Å². The molecule has 0 aliphatic rings. The first-order valence-electron chi connectivity index (χ1n) is 6.65. The zero-order chi connectivity index (χ0) is 15.0. The van der Waals surface area contributed by atoms with Crippen LogP contribution in [0.2, 0.25) is 0 Å².